The van der Waals surface area contributed by atoms with Gasteiger partial charge in [-0.15, -0.1) is 0 Å². The minimum Gasteiger partial charge on any atom is -0.341 e. The second-order valence-electron chi connectivity index (χ2n) is 7.41. The molecule has 1 atom stereocenters. The maximum absolute atomic E-state index is 4.60. The Morgan fingerprint density at radius 3 is 1.83 bits per heavy atom. The van der Waals surface area contributed by atoms with Gasteiger partial charge in [-0.05, 0) is 55.3 Å². The highest BCUT2D eigenvalue weighted by molar-refractivity contribution is 5.63. The van der Waals surface area contributed by atoms with Crippen molar-refractivity contribution in [2.75, 3.05) is 11.4 Å². The Hall–Kier alpha value is -3.39. The minimum absolute atomic E-state index is 0.325. The second-order valence-corrected chi connectivity index (χ2v) is 7.41. The molecule has 0 spiro atoms. The first kappa shape index (κ1) is 18.9. The highest BCUT2D eigenvalue weighted by Gasteiger charge is 2.19. The van der Waals surface area contributed by atoms with Crippen LogP contribution >= 0.6 is 0 Å². The summed E-state index contributed by atoms with van der Waals surface area (Å²) < 4.78 is 0. The Morgan fingerprint density at radius 2 is 1.28 bits per heavy atom. The fourth-order valence-electron chi connectivity index (χ4n) is 3.69. The van der Waals surface area contributed by atoms with Gasteiger partial charge in [0.05, 0.1) is 0 Å². The number of aromatic nitrogens is 1. The molecule has 3 aromatic carbocycles. The summed E-state index contributed by atoms with van der Waals surface area (Å²) in [6, 6.07) is 36.4. The van der Waals surface area contributed by atoms with Crippen LogP contribution in [0.25, 0.3) is 0 Å². The normalized spacial score (nSPS) is 11.8. The molecule has 29 heavy (non-hydrogen) atoms. The lowest BCUT2D eigenvalue weighted by molar-refractivity contribution is 0.670. The molecule has 1 unspecified atom stereocenters. The molecule has 0 aliphatic carbocycles. The van der Waals surface area contributed by atoms with E-state index in [0.717, 1.165) is 18.7 Å². The standard InChI is InChI=1S/C27H26N2/c1-22-15-17-23(18-16-22)24(20-25-10-8-9-19-28-25)21-29(26-11-4-2-5-12-26)27-13-6-3-7-14-27/h2-19,24H,20-21H2,1H3. The number of aryl methyl sites for hydroxylation is 1. The topological polar surface area (TPSA) is 16.1 Å². The van der Waals surface area contributed by atoms with E-state index in [0.29, 0.717) is 5.92 Å². The summed E-state index contributed by atoms with van der Waals surface area (Å²) >= 11 is 0. The third kappa shape index (κ3) is 4.91. The molecule has 0 N–H and O–H groups in total. The molecule has 1 aromatic heterocycles. The van der Waals surface area contributed by atoms with E-state index in [1.54, 1.807) is 0 Å². The van der Waals surface area contributed by atoms with E-state index in [-0.39, 0.29) is 0 Å². The Bertz CT molecular complexity index is 957. The van der Waals surface area contributed by atoms with Crippen LogP contribution in [0.1, 0.15) is 22.7 Å². The smallest absolute Gasteiger partial charge is 0.0410 e. The summed E-state index contributed by atoms with van der Waals surface area (Å²) in [7, 11) is 0. The van der Waals surface area contributed by atoms with E-state index in [4.69, 9.17) is 0 Å². The van der Waals surface area contributed by atoms with Crippen LogP contribution in [0.2, 0.25) is 0 Å². The van der Waals surface area contributed by atoms with E-state index >= 15 is 0 Å². The molecule has 0 aliphatic rings. The van der Waals surface area contributed by atoms with Crippen molar-refractivity contribution in [2.45, 2.75) is 19.3 Å². The number of pyridine rings is 1. The first-order chi connectivity index (χ1) is 14.3. The summed E-state index contributed by atoms with van der Waals surface area (Å²) in [5.74, 6) is 0.325. The van der Waals surface area contributed by atoms with E-state index < -0.39 is 0 Å². The molecule has 0 aliphatic heterocycles. The van der Waals surface area contributed by atoms with Gasteiger partial charge >= 0.3 is 0 Å². The number of benzene rings is 3. The van der Waals surface area contributed by atoms with Crippen LogP contribution < -0.4 is 4.90 Å². The van der Waals surface area contributed by atoms with E-state index in [9.17, 15) is 0 Å². The van der Waals surface area contributed by atoms with E-state index in [2.05, 4.69) is 114 Å². The Balaban J connectivity index is 1.70. The van der Waals surface area contributed by atoms with Crippen LogP contribution in [-0.2, 0) is 6.42 Å². The lowest BCUT2D eigenvalue weighted by Gasteiger charge is -2.30. The average molecular weight is 379 g/mol. The number of hydrogen-bond donors (Lipinski definition) is 0. The van der Waals surface area contributed by atoms with Crippen LogP contribution in [0, 0.1) is 6.92 Å². The summed E-state index contributed by atoms with van der Waals surface area (Å²) in [6.07, 6.45) is 2.79. The molecule has 0 amide bonds. The van der Waals surface area contributed by atoms with Crippen molar-refractivity contribution in [3.05, 3.63) is 126 Å². The van der Waals surface area contributed by atoms with Crippen molar-refractivity contribution >= 4 is 11.4 Å². The Kier molecular flexibility index (Phi) is 6.01. The van der Waals surface area contributed by atoms with Crippen molar-refractivity contribution < 1.29 is 0 Å². The zero-order valence-electron chi connectivity index (χ0n) is 16.8. The van der Waals surface area contributed by atoms with Crippen molar-refractivity contribution in [3.8, 4) is 0 Å². The van der Waals surface area contributed by atoms with Crippen LogP contribution in [0.5, 0.6) is 0 Å². The molecule has 0 saturated heterocycles. The molecular weight excluding hydrogens is 352 g/mol. The number of rotatable bonds is 7. The molecule has 4 aromatic rings. The number of hydrogen-bond acceptors (Lipinski definition) is 2. The molecule has 4 rings (SSSR count). The van der Waals surface area contributed by atoms with Gasteiger partial charge in [-0.2, -0.15) is 0 Å². The molecule has 2 nitrogen and oxygen atoms in total. The van der Waals surface area contributed by atoms with E-state index in [1.165, 1.54) is 22.5 Å². The molecule has 0 fully saturated rings. The summed E-state index contributed by atoms with van der Waals surface area (Å²) in [6.45, 7) is 3.02. The van der Waals surface area contributed by atoms with Crippen molar-refractivity contribution in [1.29, 1.82) is 0 Å². The Morgan fingerprint density at radius 1 is 0.690 bits per heavy atom. The monoisotopic (exact) mass is 378 g/mol. The van der Waals surface area contributed by atoms with Crippen LogP contribution in [-0.4, -0.2) is 11.5 Å². The minimum atomic E-state index is 0.325. The maximum atomic E-state index is 4.60. The van der Waals surface area contributed by atoms with Gasteiger partial charge in [0.25, 0.3) is 0 Å². The van der Waals surface area contributed by atoms with Gasteiger partial charge in [-0.3, -0.25) is 4.98 Å². The van der Waals surface area contributed by atoms with Gasteiger partial charge in [-0.25, -0.2) is 0 Å². The van der Waals surface area contributed by atoms with Crippen LogP contribution in [0.4, 0.5) is 11.4 Å². The molecule has 0 saturated carbocycles. The maximum Gasteiger partial charge on any atom is 0.0410 e. The third-order valence-corrected chi connectivity index (χ3v) is 5.27. The first-order valence-corrected chi connectivity index (χ1v) is 10.1. The zero-order chi connectivity index (χ0) is 19.9. The Labute approximate surface area is 173 Å². The van der Waals surface area contributed by atoms with Crippen molar-refractivity contribution in [3.63, 3.8) is 0 Å². The first-order valence-electron chi connectivity index (χ1n) is 10.1. The van der Waals surface area contributed by atoms with Gasteiger partial charge in [0, 0.05) is 35.7 Å². The van der Waals surface area contributed by atoms with Gasteiger partial charge in [-0.1, -0.05) is 72.3 Å². The van der Waals surface area contributed by atoms with Gasteiger partial charge in [0.15, 0.2) is 0 Å². The highest BCUT2D eigenvalue weighted by Crippen LogP contribution is 2.30. The molecule has 0 bridgehead atoms. The molecule has 2 heteroatoms. The number of anilines is 2. The summed E-state index contributed by atoms with van der Waals surface area (Å²) in [4.78, 5) is 7.01. The van der Waals surface area contributed by atoms with Crippen LogP contribution in [0.3, 0.4) is 0 Å². The predicted molar refractivity (Wildman–Crippen MR) is 122 cm³/mol. The number of nitrogens with zero attached hydrogens (tertiary/aromatic N) is 2. The van der Waals surface area contributed by atoms with Crippen molar-refractivity contribution in [2.24, 2.45) is 0 Å². The van der Waals surface area contributed by atoms with Crippen LogP contribution in [0.15, 0.2) is 109 Å². The quantitative estimate of drug-likeness (QED) is 0.362. The van der Waals surface area contributed by atoms with E-state index in [1.807, 2.05) is 12.3 Å². The molecule has 144 valence electrons. The molecule has 1 heterocycles. The average Bonchev–Trinajstić information content (AvgIpc) is 2.79. The SMILES string of the molecule is Cc1ccc(C(Cc2ccccn2)CN(c2ccccc2)c2ccccc2)cc1. The lowest BCUT2D eigenvalue weighted by Crippen LogP contribution is -2.25. The fraction of sp³-hybridized carbons (Fsp3) is 0.148. The molecular formula is C27H26N2. The van der Waals surface area contributed by atoms with Gasteiger partial charge < -0.3 is 4.90 Å². The lowest BCUT2D eigenvalue weighted by atomic mass is 9.92. The van der Waals surface area contributed by atoms with Crippen molar-refractivity contribution in [1.82, 2.24) is 4.98 Å². The van der Waals surface area contributed by atoms with Gasteiger partial charge in [0.2, 0.25) is 0 Å². The molecule has 0 radical (unpaired) electrons. The summed E-state index contributed by atoms with van der Waals surface area (Å²) in [5.41, 5.74) is 6.17. The zero-order valence-corrected chi connectivity index (χ0v) is 16.8. The largest absolute Gasteiger partial charge is 0.341 e. The van der Waals surface area contributed by atoms with Gasteiger partial charge in [0.1, 0.15) is 0 Å². The predicted octanol–water partition coefficient (Wildman–Crippen LogP) is 6.55. The second kappa shape index (κ2) is 9.20. The fourth-order valence-corrected chi connectivity index (χ4v) is 3.69. The highest BCUT2D eigenvalue weighted by atomic mass is 15.1. The third-order valence-electron chi connectivity index (χ3n) is 5.27. The number of para-hydroxylation sites is 2. The summed E-state index contributed by atoms with van der Waals surface area (Å²) in [5, 5.41) is 0.